The Kier molecular flexibility index (Phi) is 5.50. The molecule has 1 aromatic carbocycles. The molecule has 3 aromatic heterocycles. The lowest BCUT2D eigenvalue weighted by Gasteiger charge is -2.37. The Bertz CT molecular complexity index is 1670. The molecule has 3 heterocycles. The Labute approximate surface area is 219 Å². The Hall–Kier alpha value is -3.60. The first-order valence-corrected chi connectivity index (χ1v) is 14.4. The molecule has 0 saturated heterocycles. The van der Waals surface area contributed by atoms with Crippen molar-refractivity contribution < 1.29 is 17.2 Å². The number of imidazole rings is 1. The zero-order valence-corrected chi connectivity index (χ0v) is 22.0. The summed E-state index contributed by atoms with van der Waals surface area (Å²) in [6, 6.07) is 7.43. The van der Waals surface area contributed by atoms with Crippen LogP contribution in [0, 0.1) is 17.0 Å². The van der Waals surface area contributed by atoms with Gasteiger partial charge in [0, 0.05) is 25.2 Å². The number of aromatic nitrogens is 6. The number of halogens is 2. The molecule has 2 aliphatic rings. The van der Waals surface area contributed by atoms with E-state index >= 15 is 0 Å². The molecule has 1 fully saturated rings. The van der Waals surface area contributed by atoms with Gasteiger partial charge in [-0.3, -0.25) is 0 Å². The van der Waals surface area contributed by atoms with Crippen molar-refractivity contribution in [2.24, 2.45) is 5.41 Å². The molecule has 11 heteroatoms. The second-order valence-corrected chi connectivity index (χ2v) is 13.0. The highest BCUT2D eigenvalue weighted by Crippen LogP contribution is 2.69. The fourth-order valence-corrected chi connectivity index (χ4v) is 6.89. The number of fused-ring (bicyclic) bond motifs is 5. The van der Waals surface area contributed by atoms with Crippen molar-refractivity contribution in [1.29, 1.82) is 0 Å². The summed E-state index contributed by atoms with van der Waals surface area (Å²) in [6.45, 7) is 4.65. The SMILES string of the molecule is CC1(C)[C@H]2CC[C@@]1(c1ccnc(-c3cn(CCS(C)(=O)=O)cn3)n1)c1nnc(-c3c(F)cccc3F)cc12. The largest absolute Gasteiger partial charge is 0.336 e. The maximum atomic E-state index is 14.5. The van der Waals surface area contributed by atoms with Crippen molar-refractivity contribution >= 4 is 9.84 Å². The van der Waals surface area contributed by atoms with Crippen molar-refractivity contribution in [1.82, 2.24) is 29.7 Å². The van der Waals surface area contributed by atoms with E-state index < -0.39 is 26.9 Å². The minimum absolute atomic E-state index is 0.0105. The van der Waals surface area contributed by atoms with Crippen LogP contribution < -0.4 is 0 Å². The molecule has 0 unspecified atom stereocenters. The first-order chi connectivity index (χ1) is 18.0. The molecule has 8 nitrogen and oxygen atoms in total. The molecule has 2 aliphatic carbocycles. The average Bonchev–Trinajstić information content (AvgIpc) is 3.50. The molecule has 0 spiro atoms. The summed E-state index contributed by atoms with van der Waals surface area (Å²) in [6.07, 6.45) is 7.89. The van der Waals surface area contributed by atoms with Crippen molar-refractivity contribution in [3.8, 4) is 22.8 Å². The molecule has 2 bridgehead atoms. The Morgan fingerprint density at radius 1 is 1.08 bits per heavy atom. The van der Waals surface area contributed by atoms with Crippen LogP contribution >= 0.6 is 0 Å². The van der Waals surface area contributed by atoms with Crippen LogP contribution in [0.3, 0.4) is 0 Å². The number of nitrogens with zero attached hydrogens (tertiary/aromatic N) is 6. The zero-order valence-electron chi connectivity index (χ0n) is 21.2. The summed E-state index contributed by atoms with van der Waals surface area (Å²) in [5.41, 5.74) is 2.23. The van der Waals surface area contributed by atoms with Gasteiger partial charge in [-0.25, -0.2) is 32.2 Å². The van der Waals surface area contributed by atoms with E-state index in [-0.39, 0.29) is 34.9 Å². The smallest absolute Gasteiger partial charge is 0.179 e. The van der Waals surface area contributed by atoms with Crippen LogP contribution in [0.4, 0.5) is 8.78 Å². The van der Waals surface area contributed by atoms with Gasteiger partial charge in [0.2, 0.25) is 0 Å². The Balaban J connectivity index is 1.41. The lowest BCUT2D eigenvalue weighted by Crippen LogP contribution is -2.38. The Morgan fingerprint density at radius 3 is 2.58 bits per heavy atom. The van der Waals surface area contributed by atoms with Crippen LogP contribution in [0.1, 0.15) is 49.6 Å². The van der Waals surface area contributed by atoms with Crippen LogP contribution in [-0.4, -0.2) is 50.1 Å². The highest BCUT2D eigenvalue weighted by atomic mass is 32.2. The fraction of sp³-hybridized carbons (Fsp3) is 0.370. The van der Waals surface area contributed by atoms with Crippen LogP contribution in [-0.2, 0) is 21.8 Å². The highest BCUT2D eigenvalue weighted by molar-refractivity contribution is 7.90. The molecule has 0 amide bonds. The number of sulfone groups is 1. The minimum atomic E-state index is -3.10. The molecular formula is C27H26F2N6O2S. The monoisotopic (exact) mass is 536 g/mol. The molecule has 196 valence electrons. The van der Waals surface area contributed by atoms with E-state index in [1.807, 2.05) is 6.07 Å². The van der Waals surface area contributed by atoms with E-state index in [0.717, 1.165) is 29.8 Å². The molecule has 0 aliphatic heterocycles. The first kappa shape index (κ1) is 24.7. The van der Waals surface area contributed by atoms with Gasteiger partial charge in [0.05, 0.1) is 40.1 Å². The summed E-state index contributed by atoms with van der Waals surface area (Å²) >= 11 is 0. The lowest BCUT2D eigenvalue weighted by molar-refractivity contribution is 0.243. The predicted molar refractivity (Wildman–Crippen MR) is 137 cm³/mol. The average molecular weight is 537 g/mol. The van der Waals surface area contributed by atoms with Gasteiger partial charge in [0.15, 0.2) is 5.82 Å². The third kappa shape index (κ3) is 3.66. The van der Waals surface area contributed by atoms with E-state index in [0.29, 0.717) is 11.5 Å². The van der Waals surface area contributed by atoms with Crippen molar-refractivity contribution in [2.75, 3.05) is 12.0 Å². The van der Waals surface area contributed by atoms with Gasteiger partial charge >= 0.3 is 0 Å². The fourth-order valence-electron chi connectivity index (χ4n) is 6.35. The van der Waals surface area contributed by atoms with Gasteiger partial charge in [-0.1, -0.05) is 19.9 Å². The van der Waals surface area contributed by atoms with Crippen LogP contribution in [0.25, 0.3) is 22.8 Å². The normalized spacial score (nSPS) is 21.6. The molecule has 0 N–H and O–H groups in total. The van der Waals surface area contributed by atoms with Crippen molar-refractivity contribution in [3.05, 3.63) is 77.6 Å². The van der Waals surface area contributed by atoms with Gasteiger partial charge in [0.1, 0.15) is 27.2 Å². The lowest BCUT2D eigenvalue weighted by atomic mass is 9.66. The van der Waals surface area contributed by atoms with E-state index in [4.69, 9.17) is 4.98 Å². The molecule has 6 rings (SSSR count). The quantitative estimate of drug-likeness (QED) is 0.361. The maximum absolute atomic E-state index is 14.5. The van der Waals surface area contributed by atoms with Crippen LogP contribution in [0.5, 0.6) is 0 Å². The topological polar surface area (TPSA) is 104 Å². The number of hydrogen-bond donors (Lipinski definition) is 0. The summed E-state index contributed by atoms with van der Waals surface area (Å²) in [7, 11) is -3.10. The van der Waals surface area contributed by atoms with E-state index in [1.54, 1.807) is 29.4 Å². The van der Waals surface area contributed by atoms with E-state index in [2.05, 4.69) is 34.0 Å². The maximum Gasteiger partial charge on any atom is 0.179 e. The van der Waals surface area contributed by atoms with Crippen LogP contribution in [0.2, 0.25) is 0 Å². The Morgan fingerprint density at radius 2 is 1.84 bits per heavy atom. The van der Waals surface area contributed by atoms with Crippen molar-refractivity contribution in [3.63, 3.8) is 0 Å². The standard InChI is InChI=1S/C27H26F2N6O2S/c1-26(2)17-7-9-27(26,24-16(17)13-20(33-34-24)23-18(28)5-4-6-19(23)29)22-8-10-30-25(32-22)21-14-35(15-31-21)11-12-38(3,36)37/h4-6,8,10,13-15,17H,7,9,11-12H2,1-3H3/t17-,27+/m0/s1. The van der Waals surface area contributed by atoms with Crippen LogP contribution in [0.15, 0.2) is 49.1 Å². The highest BCUT2D eigenvalue weighted by Gasteiger charge is 2.65. The zero-order chi connectivity index (χ0) is 26.9. The summed E-state index contributed by atoms with van der Waals surface area (Å²) in [5, 5.41) is 8.86. The van der Waals surface area contributed by atoms with Gasteiger partial charge in [-0.2, -0.15) is 5.10 Å². The molecule has 4 aromatic rings. The van der Waals surface area contributed by atoms with Gasteiger partial charge < -0.3 is 4.57 Å². The molecule has 2 atom stereocenters. The van der Waals surface area contributed by atoms with E-state index in [9.17, 15) is 17.2 Å². The molecule has 0 radical (unpaired) electrons. The first-order valence-electron chi connectivity index (χ1n) is 12.4. The summed E-state index contributed by atoms with van der Waals surface area (Å²) in [4.78, 5) is 13.8. The predicted octanol–water partition coefficient (Wildman–Crippen LogP) is 4.32. The third-order valence-corrected chi connectivity index (χ3v) is 9.20. The minimum Gasteiger partial charge on any atom is -0.336 e. The summed E-state index contributed by atoms with van der Waals surface area (Å²) < 4.78 is 53.8. The second-order valence-electron chi connectivity index (χ2n) is 10.7. The molecular weight excluding hydrogens is 510 g/mol. The second kappa shape index (κ2) is 8.45. The number of benzene rings is 1. The van der Waals surface area contributed by atoms with Gasteiger partial charge in [-0.05, 0) is 54.0 Å². The van der Waals surface area contributed by atoms with Crippen molar-refractivity contribution in [2.45, 2.75) is 44.6 Å². The molecule has 38 heavy (non-hydrogen) atoms. The van der Waals surface area contributed by atoms with Gasteiger partial charge in [0.25, 0.3) is 0 Å². The number of aryl methyl sites for hydroxylation is 1. The third-order valence-electron chi connectivity index (χ3n) is 8.28. The van der Waals surface area contributed by atoms with Gasteiger partial charge in [-0.15, -0.1) is 5.10 Å². The van der Waals surface area contributed by atoms with E-state index in [1.165, 1.54) is 24.5 Å². The number of hydrogen-bond acceptors (Lipinski definition) is 7. The number of rotatable bonds is 6. The molecule has 1 saturated carbocycles. The summed E-state index contributed by atoms with van der Waals surface area (Å²) in [5.74, 6) is -0.784.